The molecule has 1 atom stereocenters. The lowest BCUT2D eigenvalue weighted by molar-refractivity contribution is -0.143. The van der Waals surface area contributed by atoms with E-state index in [9.17, 15) is 9.59 Å². The second-order valence-electron chi connectivity index (χ2n) is 6.69. The van der Waals surface area contributed by atoms with Gasteiger partial charge >= 0.3 is 0 Å². The number of rotatable bonds is 5. The molecule has 1 unspecified atom stereocenters. The highest BCUT2D eigenvalue weighted by molar-refractivity contribution is 7.99. The molecule has 0 aromatic heterocycles. The van der Waals surface area contributed by atoms with Crippen molar-refractivity contribution < 1.29 is 14.3 Å². The molecule has 1 aromatic carbocycles. The molecule has 1 aliphatic rings. The molecule has 0 bridgehead atoms. The molecule has 3 N–H and O–H groups in total. The Balaban J connectivity index is 1.99. The number of ether oxygens (including phenoxy) is 1. The van der Waals surface area contributed by atoms with Crippen LogP contribution < -0.4 is 15.8 Å². The van der Waals surface area contributed by atoms with Crippen molar-refractivity contribution in [3.63, 3.8) is 0 Å². The van der Waals surface area contributed by atoms with E-state index in [2.05, 4.69) is 5.32 Å². The third-order valence-corrected chi connectivity index (χ3v) is 4.61. The van der Waals surface area contributed by atoms with Crippen LogP contribution in [0.15, 0.2) is 24.3 Å². The summed E-state index contributed by atoms with van der Waals surface area (Å²) in [6.45, 7) is 6.51. The van der Waals surface area contributed by atoms with E-state index >= 15 is 0 Å². The van der Waals surface area contributed by atoms with Crippen molar-refractivity contribution in [1.29, 1.82) is 0 Å². The molecule has 1 aliphatic heterocycles. The first kappa shape index (κ1) is 18.6. The number of hydrogen-bond acceptors (Lipinski definition) is 5. The minimum Gasteiger partial charge on any atom is -0.492 e. The number of anilines is 1. The monoisotopic (exact) mass is 351 g/mol. The van der Waals surface area contributed by atoms with Crippen LogP contribution in [0.5, 0.6) is 5.75 Å². The van der Waals surface area contributed by atoms with Gasteiger partial charge in [0, 0.05) is 23.4 Å². The summed E-state index contributed by atoms with van der Waals surface area (Å²) in [6.07, 6.45) is 0. The van der Waals surface area contributed by atoms with E-state index < -0.39 is 11.5 Å². The van der Waals surface area contributed by atoms with Crippen LogP contribution in [0.25, 0.3) is 0 Å². The number of amides is 2. The second-order valence-corrected chi connectivity index (χ2v) is 7.69. The van der Waals surface area contributed by atoms with Gasteiger partial charge in [-0.15, -0.1) is 11.8 Å². The molecule has 6 nitrogen and oxygen atoms in total. The molecule has 1 aromatic rings. The van der Waals surface area contributed by atoms with Crippen molar-refractivity contribution in [2.45, 2.75) is 26.8 Å². The van der Waals surface area contributed by atoms with Crippen LogP contribution in [-0.4, -0.2) is 47.5 Å². The molecular formula is C17H25N3O3S. The van der Waals surface area contributed by atoms with Crippen LogP contribution >= 0.6 is 11.8 Å². The lowest BCUT2D eigenvalue weighted by Gasteiger charge is -2.29. The summed E-state index contributed by atoms with van der Waals surface area (Å²) in [5, 5.41) is 2.88. The zero-order chi connectivity index (χ0) is 17.7. The highest BCUT2D eigenvalue weighted by Gasteiger charge is 2.38. The van der Waals surface area contributed by atoms with Crippen molar-refractivity contribution >= 4 is 29.3 Å². The topological polar surface area (TPSA) is 84.7 Å². The molecule has 2 amide bonds. The Hall–Kier alpha value is -1.73. The first-order valence-electron chi connectivity index (χ1n) is 7.95. The maximum atomic E-state index is 12.5. The predicted molar refractivity (Wildman–Crippen MR) is 97.0 cm³/mol. The fraction of sp³-hybridized carbons (Fsp3) is 0.529. The first-order valence-corrected chi connectivity index (χ1v) is 9.11. The summed E-state index contributed by atoms with van der Waals surface area (Å²) < 4.78 is 5.41. The van der Waals surface area contributed by atoms with E-state index in [-0.39, 0.29) is 11.8 Å². The molecule has 0 radical (unpaired) electrons. The maximum Gasteiger partial charge on any atom is 0.248 e. The Labute approximate surface area is 147 Å². The lowest BCUT2D eigenvalue weighted by Crippen LogP contribution is -2.48. The highest BCUT2D eigenvalue weighted by atomic mass is 32.2. The van der Waals surface area contributed by atoms with Crippen molar-refractivity contribution in [3.05, 3.63) is 24.3 Å². The molecule has 1 fully saturated rings. The molecule has 0 spiro atoms. The summed E-state index contributed by atoms with van der Waals surface area (Å²) in [5.41, 5.74) is 5.58. The van der Waals surface area contributed by atoms with E-state index in [0.29, 0.717) is 36.2 Å². The SMILES string of the molecule is CC(C)(C)C(=O)N1CSCC1C(=O)Nc1ccc(OCCN)cc1. The summed E-state index contributed by atoms with van der Waals surface area (Å²) in [6, 6.07) is 6.69. The standard InChI is InChI=1S/C17H25N3O3S/c1-17(2,3)16(22)20-11-24-10-14(20)15(21)19-12-4-6-13(7-5-12)23-9-8-18/h4-7,14H,8-11,18H2,1-3H3,(H,19,21). The van der Waals surface area contributed by atoms with Crippen LogP contribution in [0.1, 0.15) is 20.8 Å². The first-order chi connectivity index (χ1) is 11.3. The average molecular weight is 351 g/mol. The Bertz CT molecular complexity index is 584. The molecule has 1 heterocycles. The largest absolute Gasteiger partial charge is 0.492 e. The van der Waals surface area contributed by atoms with Crippen LogP contribution in [-0.2, 0) is 9.59 Å². The molecule has 1 saturated heterocycles. The van der Waals surface area contributed by atoms with Gasteiger partial charge in [0.25, 0.3) is 0 Å². The fourth-order valence-corrected chi connectivity index (χ4v) is 3.48. The van der Waals surface area contributed by atoms with Crippen molar-refractivity contribution in [3.8, 4) is 5.75 Å². The van der Waals surface area contributed by atoms with Gasteiger partial charge in [-0.2, -0.15) is 0 Å². The molecule has 132 valence electrons. The minimum absolute atomic E-state index is 0.00168. The Morgan fingerprint density at radius 2 is 2.00 bits per heavy atom. The van der Waals surface area contributed by atoms with Crippen LogP contribution in [0.3, 0.4) is 0 Å². The van der Waals surface area contributed by atoms with Crippen LogP contribution in [0.2, 0.25) is 0 Å². The van der Waals surface area contributed by atoms with Gasteiger partial charge in [-0.05, 0) is 24.3 Å². The summed E-state index contributed by atoms with van der Waals surface area (Å²) in [5.74, 6) is 1.72. The van der Waals surface area contributed by atoms with Gasteiger partial charge in [0.05, 0.1) is 5.88 Å². The normalized spacial score (nSPS) is 17.7. The third-order valence-electron chi connectivity index (χ3n) is 3.60. The number of nitrogens with zero attached hydrogens (tertiary/aromatic N) is 1. The van der Waals surface area contributed by atoms with Crippen LogP contribution in [0.4, 0.5) is 5.69 Å². The number of benzene rings is 1. The minimum atomic E-state index is -0.495. The number of carbonyl (C=O) groups excluding carboxylic acids is 2. The quantitative estimate of drug-likeness (QED) is 0.846. The van der Waals surface area contributed by atoms with Gasteiger partial charge in [-0.3, -0.25) is 9.59 Å². The van der Waals surface area contributed by atoms with Crippen molar-refractivity contribution in [2.75, 3.05) is 30.1 Å². The van der Waals surface area contributed by atoms with E-state index in [1.165, 1.54) is 0 Å². The van der Waals surface area contributed by atoms with Gasteiger partial charge < -0.3 is 20.7 Å². The van der Waals surface area contributed by atoms with E-state index in [0.717, 1.165) is 0 Å². The summed E-state index contributed by atoms with van der Waals surface area (Å²) in [7, 11) is 0. The van der Waals surface area contributed by atoms with Gasteiger partial charge in [-0.1, -0.05) is 20.8 Å². The van der Waals surface area contributed by atoms with E-state index in [1.807, 2.05) is 20.8 Å². The molecular weight excluding hydrogens is 326 g/mol. The van der Waals surface area contributed by atoms with Gasteiger partial charge in [0.2, 0.25) is 11.8 Å². The zero-order valence-electron chi connectivity index (χ0n) is 14.4. The number of hydrogen-bond donors (Lipinski definition) is 2. The van der Waals surface area contributed by atoms with Gasteiger partial charge in [-0.25, -0.2) is 0 Å². The number of carbonyl (C=O) groups is 2. The van der Waals surface area contributed by atoms with Gasteiger partial charge in [0.1, 0.15) is 18.4 Å². The second kappa shape index (κ2) is 7.90. The smallest absolute Gasteiger partial charge is 0.248 e. The number of nitrogens with two attached hydrogens (primary N) is 1. The van der Waals surface area contributed by atoms with Gasteiger partial charge in [0.15, 0.2) is 0 Å². The fourth-order valence-electron chi connectivity index (χ4n) is 2.33. The Morgan fingerprint density at radius 3 is 2.58 bits per heavy atom. The summed E-state index contributed by atoms with van der Waals surface area (Å²) in [4.78, 5) is 26.7. The Morgan fingerprint density at radius 1 is 1.33 bits per heavy atom. The van der Waals surface area contributed by atoms with Crippen molar-refractivity contribution in [1.82, 2.24) is 4.90 Å². The summed E-state index contributed by atoms with van der Waals surface area (Å²) >= 11 is 1.60. The van der Waals surface area contributed by atoms with E-state index in [4.69, 9.17) is 10.5 Å². The number of nitrogens with one attached hydrogen (secondary N) is 1. The zero-order valence-corrected chi connectivity index (χ0v) is 15.2. The molecule has 7 heteroatoms. The molecule has 0 aliphatic carbocycles. The third kappa shape index (κ3) is 4.64. The average Bonchev–Trinajstić information content (AvgIpc) is 3.02. The Kier molecular flexibility index (Phi) is 6.12. The molecule has 24 heavy (non-hydrogen) atoms. The highest BCUT2D eigenvalue weighted by Crippen LogP contribution is 2.28. The predicted octanol–water partition coefficient (Wildman–Crippen LogP) is 1.91. The molecule has 0 saturated carbocycles. The maximum absolute atomic E-state index is 12.5. The van der Waals surface area contributed by atoms with Crippen molar-refractivity contribution in [2.24, 2.45) is 11.1 Å². The van der Waals surface area contributed by atoms with E-state index in [1.54, 1.807) is 40.9 Å². The molecule has 2 rings (SSSR count). The lowest BCUT2D eigenvalue weighted by atomic mass is 9.94. The van der Waals surface area contributed by atoms with Crippen LogP contribution in [0, 0.1) is 5.41 Å². The number of thioether (sulfide) groups is 1.